The van der Waals surface area contributed by atoms with Crippen molar-refractivity contribution in [1.29, 1.82) is 0 Å². The van der Waals surface area contributed by atoms with Gasteiger partial charge in [-0.25, -0.2) is 0 Å². The Balaban J connectivity index is 4.00. The molecule has 5 nitrogen and oxygen atoms in total. The Kier molecular flexibility index (Phi) is 9.28. The molecule has 1 N–H and O–H groups in total. The van der Waals surface area contributed by atoms with Gasteiger partial charge < -0.3 is 15.0 Å². The fourth-order valence-electron chi connectivity index (χ4n) is 1.72. The maximum absolute atomic E-state index is 11.7. The van der Waals surface area contributed by atoms with Crippen LogP contribution in [0.1, 0.15) is 40.5 Å². The molecular formula is C13H26N2O3. The topological polar surface area (TPSA) is 58.6 Å². The number of nitrogens with zero attached hydrogens (tertiary/aromatic N) is 1. The van der Waals surface area contributed by atoms with Gasteiger partial charge in [0.15, 0.2) is 0 Å². The second kappa shape index (κ2) is 9.88. The number of ether oxygens (including phenoxy) is 1. The Hall–Kier alpha value is -1.10. The highest BCUT2D eigenvalue weighted by molar-refractivity contribution is 5.77. The molecule has 0 aromatic rings. The highest BCUT2D eigenvalue weighted by Crippen LogP contribution is 1.97. The number of hydrogen-bond donors (Lipinski definition) is 1. The van der Waals surface area contributed by atoms with E-state index >= 15 is 0 Å². The minimum atomic E-state index is -0.311. The van der Waals surface area contributed by atoms with Crippen LogP contribution in [-0.4, -0.2) is 49.1 Å². The lowest BCUT2D eigenvalue weighted by Crippen LogP contribution is -2.40. The van der Waals surface area contributed by atoms with Crippen molar-refractivity contribution in [2.45, 2.75) is 46.6 Å². The van der Waals surface area contributed by atoms with Crippen molar-refractivity contribution in [3.63, 3.8) is 0 Å². The molecule has 18 heavy (non-hydrogen) atoms. The van der Waals surface area contributed by atoms with Crippen LogP contribution in [0.15, 0.2) is 0 Å². The van der Waals surface area contributed by atoms with E-state index in [4.69, 9.17) is 4.74 Å². The molecule has 0 bridgehead atoms. The molecule has 1 unspecified atom stereocenters. The maximum Gasteiger partial charge on any atom is 0.323 e. The molecule has 0 aliphatic rings. The van der Waals surface area contributed by atoms with Gasteiger partial charge in [-0.1, -0.05) is 6.92 Å². The molecule has 0 aliphatic heterocycles. The SMILES string of the molecule is CCOC(=O)C(CC)NCCC(=O)N(CC)CC. The lowest BCUT2D eigenvalue weighted by molar-refractivity contribution is -0.146. The summed E-state index contributed by atoms with van der Waals surface area (Å²) in [5.74, 6) is -0.124. The molecule has 0 aromatic heterocycles. The second-order valence-corrected chi connectivity index (χ2v) is 3.98. The average Bonchev–Trinajstić information content (AvgIpc) is 2.36. The van der Waals surface area contributed by atoms with E-state index in [1.165, 1.54) is 0 Å². The van der Waals surface area contributed by atoms with Gasteiger partial charge in [0.05, 0.1) is 6.61 Å². The van der Waals surface area contributed by atoms with E-state index < -0.39 is 0 Å². The monoisotopic (exact) mass is 258 g/mol. The first kappa shape index (κ1) is 16.9. The summed E-state index contributed by atoms with van der Waals surface area (Å²) in [5, 5.41) is 3.07. The normalized spacial score (nSPS) is 12.0. The minimum absolute atomic E-state index is 0.117. The predicted octanol–water partition coefficient (Wildman–Crippen LogP) is 1.18. The van der Waals surface area contributed by atoms with Gasteiger partial charge in [-0.2, -0.15) is 0 Å². The molecule has 0 heterocycles. The van der Waals surface area contributed by atoms with Crippen molar-refractivity contribution in [3.8, 4) is 0 Å². The van der Waals surface area contributed by atoms with Crippen LogP contribution in [0.5, 0.6) is 0 Å². The number of nitrogens with one attached hydrogen (secondary N) is 1. The van der Waals surface area contributed by atoms with E-state index in [9.17, 15) is 9.59 Å². The van der Waals surface area contributed by atoms with Crippen LogP contribution in [0.2, 0.25) is 0 Å². The third kappa shape index (κ3) is 6.00. The van der Waals surface area contributed by atoms with Crippen molar-refractivity contribution < 1.29 is 14.3 Å². The lowest BCUT2D eigenvalue weighted by atomic mass is 10.2. The first-order valence-electron chi connectivity index (χ1n) is 6.78. The van der Waals surface area contributed by atoms with E-state index in [-0.39, 0.29) is 17.9 Å². The van der Waals surface area contributed by atoms with Crippen LogP contribution in [-0.2, 0) is 14.3 Å². The molecule has 0 aromatic carbocycles. The van der Waals surface area contributed by atoms with E-state index in [0.717, 1.165) is 13.1 Å². The van der Waals surface area contributed by atoms with Gasteiger partial charge in [0.25, 0.3) is 0 Å². The molecule has 1 amide bonds. The van der Waals surface area contributed by atoms with E-state index in [2.05, 4.69) is 5.32 Å². The number of esters is 1. The standard InChI is InChI=1S/C13H26N2O3/c1-5-11(13(17)18-8-4)14-10-9-12(16)15(6-2)7-3/h11,14H,5-10H2,1-4H3. The predicted molar refractivity (Wildman–Crippen MR) is 71.3 cm³/mol. The molecule has 0 aliphatic carbocycles. The molecule has 0 radical (unpaired) electrons. The summed E-state index contributed by atoms with van der Waals surface area (Å²) in [6.45, 7) is 9.97. The molecule has 0 saturated heterocycles. The summed E-state index contributed by atoms with van der Waals surface area (Å²) in [6, 6.07) is -0.311. The zero-order valence-corrected chi connectivity index (χ0v) is 12.0. The largest absolute Gasteiger partial charge is 0.465 e. The molecular weight excluding hydrogens is 232 g/mol. The van der Waals surface area contributed by atoms with Crippen LogP contribution in [0.4, 0.5) is 0 Å². The van der Waals surface area contributed by atoms with Crippen molar-refractivity contribution in [2.75, 3.05) is 26.2 Å². The zero-order valence-electron chi connectivity index (χ0n) is 12.0. The Labute approximate surface area is 110 Å². The van der Waals surface area contributed by atoms with Crippen molar-refractivity contribution >= 4 is 11.9 Å². The molecule has 0 saturated carbocycles. The summed E-state index contributed by atoms with van der Waals surface area (Å²) < 4.78 is 4.95. The van der Waals surface area contributed by atoms with Gasteiger partial charge in [-0.15, -0.1) is 0 Å². The van der Waals surface area contributed by atoms with Gasteiger partial charge in [0, 0.05) is 26.1 Å². The van der Waals surface area contributed by atoms with Gasteiger partial charge in [-0.05, 0) is 27.2 Å². The third-order valence-electron chi connectivity index (χ3n) is 2.83. The Morgan fingerprint density at radius 3 is 2.22 bits per heavy atom. The summed E-state index contributed by atoms with van der Waals surface area (Å²) in [5.41, 5.74) is 0. The van der Waals surface area contributed by atoms with E-state index in [1.54, 1.807) is 11.8 Å². The molecule has 106 valence electrons. The van der Waals surface area contributed by atoms with Crippen molar-refractivity contribution in [2.24, 2.45) is 0 Å². The molecule has 1 atom stereocenters. The highest BCUT2D eigenvalue weighted by atomic mass is 16.5. The highest BCUT2D eigenvalue weighted by Gasteiger charge is 2.17. The summed E-state index contributed by atoms with van der Waals surface area (Å²) >= 11 is 0. The third-order valence-corrected chi connectivity index (χ3v) is 2.83. The summed E-state index contributed by atoms with van der Waals surface area (Å²) in [4.78, 5) is 25.0. The Bertz CT molecular complexity index is 253. The van der Waals surface area contributed by atoms with Crippen LogP contribution >= 0.6 is 0 Å². The van der Waals surface area contributed by atoms with Gasteiger partial charge in [0.2, 0.25) is 5.91 Å². The number of hydrogen-bond acceptors (Lipinski definition) is 4. The zero-order chi connectivity index (χ0) is 14.0. The van der Waals surface area contributed by atoms with Gasteiger partial charge in [0.1, 0.15) is 6.04 Å². The smallest absolute Gasteiger partial charge is 0.323 e. The average molecular weight is 258 g/mol. The van der Waals surface area contributed by atoms with Crippen LogP contribution in [0.3, 0.4) is 0 Å². The second-order valence-electron chi connectivity index (χ2n) is 3.98. The van der Waals surface area contributed by atoms with Gasteiger partial charge >= 0.3 is 5.97 Å². The quantitative estimate of drug-likeness (QED) is 0.631. The number of carbonyl (C=O) groups excluding carboxylic acids is 2. The first-order valence-corrected chi connectivity index (χ1v) is 6.78. The minimum Gasteiger partial charge on any atom is -0.465 e. The number of amides is 1. The molecule has 5 heteroatoms. The van der Waals surface area contributed by atoms with Crippen molar-refractivity contribution in [1.82, 2.24) is 10.2 Å². The maximum atomic E-state index is 11.7. The Morgan fingerprint density at radius 2 is 1.78 bits per heavy atom. The van der Waals surface area contributed by atoms with Crippen LogP contribution < -0.4 is 5.32 Å². The summed E-state index contributed by atoms with van der Waals surface area (Å²) in [6.07, 6.45) is 1.08. The fraction of sp³-hybridized carbons (Fsp3) is 0.846. The lowest BCUT2D eigenvalue weighted by Gasteiger charge is -2.20. The molecule has 0 fully saturated rings. The van der Waals surface area contributed by atoms with E-state index in [0.29, 0.717) is 26.0 Å². The van der Waals surface area contributed by atoms with Gasteiger partial charge in [-0.3, -0.25) is 9.59 Å². The number of carbonyl (C=O) groups is 2. The molecule has 0 spiro atoms. The molecule has 0 rings (SSSR count). The summed E-state index contributed by atoms with van der Waals surface area (Å²) in [7, 11) is 0. The first-order chi connectivity index (χ1) is 8.60. The van der Waals surface area contributed by atoms with Crippen LogP contribution in [0.25, 0.3) is 0 Å². The number of rotatable bonds is 9. The fourth-order valence-corrected chi connectivity index (χ4v) is 1.72. The Morgan fingerprint density at radius 1 is 1.17 bits per heavy atom. The van der Waals surface area contributed by atoms with Crippen LogP contribution in [0, 0.1) is 0 Å². The van der Waals surface area contributed by atoms with Crippen molar-refractivity contribution in [3.05, 3.63) is 0 Å². The van der Waals surface area contributed by atoms with E-state index in [1.807, 2.05) is 20.8 Å².